The van der Waals surface area contributed by atoms with Crippen LogP contribution in [0, 0.1) is 5.92 Å². The highest BCUT2D eigenvalue weighted by Gasteiger charge is 2.22. The van der Waals surface area contributed by atoms with Crippen molar-refractivity contribution in [1.82, 2.24) is 25.4 Å². The molecule has 30 heavy (non-hydrogen) atoms. The molecule has 1 aromatic carbocycles. The van der Waals surface area contributed by atoms with E-state index in [0.29, 0.717) is 11.9 Å². The number of nitrogens with one attached hydrogen (secondary N) is 2. The second-order valence-electron chi connectivity index (χ2n) is 7.97. The van der Waals surface area contributed by atoms with Crippen molar-refractivity contribution in [2.45, 2.75) is 57.8 Å². The number of aliphatic hydroxyl groups is 1. The molecule has 8 heteroatoms. The molecule has 0 saturated carbocycles. The van der Waals surface area contributed by atoms with Crippen molar-refractivity contribution in [2.24, 2.45) is 10.9 Å². The van der Waals surface area contributed by atoms with Crippen molar-refractivity contribution in [3.05, 3.63) is 41.7 Å². The Bertz CT molecular complexity index is 788. The summed E-state index contributed by atoms with van der Waals surface area (Å²) in [5, 5.41) is 27.0. The van der Waals surface area contributed by atoms with E-state index in [1.807, 2.05) is 43.5 Å². The van der Waals surface area contributed by atoms with Gasteiger partial charge in [-0.05, 0) is 38.0 Å². The molecule has 3 N–H and O–H groups in total. The number of hydrogen-bond acceptors (Lipinski definition) is 5. The zero-order chi connectivity index (χ0) is 22.0. The van der Waals surface area contributed by atoms with Gasteiger partial charge in [-0.15, -0.1) is 10.2 Å². The summed E-state index contributed by atoms with van der Waals surface area (Å²) >= 11 is 1.64. The largest absolute Gasteiger partial charge is 0.384 e. The fourth-order valence-electron chi connectivity index (χ4n) is 3.12. The summed E-state index contributed by atoms with van der Waals surface area (Å²) in [5.74, 6) is 2.29. The van der Waals surface area contributed by atoms with Gasteiger partial charge in [0.15, 0.2) is 11.1 Å². The summed E-state index contributed by atoms with van der Waals surface area (Å²) in [4.78, 5) is 4.59. The Kier molecular flexibility index (Phi) is 9.65. The Hall–Kier alpha value is -2.06. The maximum atomic E-state index is 10.8. The predicted molar refractivity (Wildman–Crippen MR) is 125 cm³/mol. The van der Waals surface area contributed by atoms with E-state index < -0.39 is 5.60 Å². The minimum atomic E-state index is -1.01. The topological polar surface area (TPSA) is 87.4 Å². The lowest BCUT2D eigenvalue weighted by atomic mass is 9.96. The fraction of sp³-hybridized carbons (Fsp3) is 0.591. The van der Waals surface area contributed by atoms with Gasteiger partial charge in [-0.3, -0.25) is 0 Å². The summed E-state index contributed by atoms with van der Waals surface area (Å²) in [6, 6.07) is 9.64. The van der Waals surface area contributed by atoms with Crippen molar-refractivity contribution < 1.29 is 5.11 Å². The Morgan fingerprint density at radius 2 is 1.97 bits per heavy atom. The number of aliphatic imine (C=N–C) groups is 1. The Morgan fingerprint density at radius 3 is 2.60 bits per heavy atom. The van der Waals surface area contributed by atoms with E-state index in [-0.39, 0.29) is 6.54 Å². The van der Waals surface area contributed by atoms with Gasteiger partial charge in [-0.25, -0.2) is 4.99 Å². The van der Waals surface area contributed by atoms with Gasteiger partial charge in [-0.2, -0.15) is 0 Å². The van der Waals surface area contributed by atoms with Gasteiger partial charge in [0.1, 0.15) is 11.4 Å². The van der Waals surface area contributed by atoms with Crippen LogP contribution in [0.5, 0.6) is 0 Å². The number of guanidine groups is 1. The van der Waals surface area contributed by atoms with Crippen LogP contribution in [0.25, 0.3) is 0 Å². The molecule has 1 atom stereocenters. The fourth-order valence-corrected chi connectivity index (χ4v) is 3.64. The van der Waals surface area contributed by atoms with Crippen LogP contribution in [0.3, 0.4) is 0 Å². The molecule has 1 unspecified atom stereocenters. The molecular weight excluding hydrogens is 396 g/mol. The van der Waals surface area contributed by atoms with Gasteiger partial charge in [0, 0.05) is 26.1 Å². The van der Waals surface area contributed by atoms with Crippen LogP contribution in [-0.2, 0) is 18.6 Å². The molecule has 0 aliphatic rings. The second-order valence-corrected chi connectivity index (χ2v) is 8.75. The molecule has 0 aliphatic heterocycles. The third-order valence-corrected chi connectivity index (χ3v) is 5.35. The average Bonchev–Trinajstić information content (AvgIpc) is 3.10. The minimum Gasteiger partial charge on any atom is -0.384 e. The van der Waals surface area contributed by atoms with Gasteiger partial charge in [0.05, 0.1) is 6.54 Å². The molecule has 0 saturated heterocycles. The van der Waals surface area contributed by atoms with Crippen LogP contribution in [-0.4, -0.2) is 51.7 Å². The van der Waals surface area contributed by atoms with E-state index in [1.165, 1.54) is 0 Å². The van der Waals surface area contributed by atoms with Crippen molar-refractivity contribution in [2.75, 3.05) is 25.9 Å². The summed E-state index contributed by atoms with van der Waals surface area (Å²) in [7, 11) is 0. The van der Waals surface area contributed by atoms with Crippen molar-refractivity contribution in [3.63, 3.8) is 0 Å². The second kappa shape index (κ2) is 12.0. The Labute approximate surface area is 184 Å². The standard InChI is InChI=1S/C22H36N6OS/c1-6-23-20(25-16-22(4,29)18-11-8-7-9-12-18)24-14-10-13-19-26-27-21(30-5)28(19)15-17(2)3/h7-9,11-12,17,29H,6,10,13-16H2,1-5H3,(H2,23,24,25). The zero-order valence-corrected chi connectivity index (χ0v) is 19.7. The molecule has 0 amide bonds. The van der Waals surface area contributed by atoms with E-state index in [2.05, 4.69) is 44.2 Å². The third kappa shape index (κ3) is 7.32. The lowest BCUT2D eigenvalue weighted by molar-refractivity contribution is 0.0672. The van der Waals surface area contributed by atoms with E-state index >= 15 is 0 Å². The Balaban J connectivity index is 1.91. The maximum Gasteiger partial charge on any atom is 0.191 e. The molecule has 0 spiro atoms. The molecule has 0 radical (unpaired) electrons. The minimum absolute atomic E-state index is 0.284. The first-order chi connectivity index (χ1) is 14.4. The molecule has 2 aromatic rings. The lowest BCUT2D eigenvalue weighted by Crippen LogP contribution is -2.39. The zero-order valence-electron chi connectivity index (χ0n) is 18.9. The monoisotopic (exact) mass is 432 g/mol. The maximum absolute atomic E-state index is 10.8. The molecule has 7 nitrogen and oxygen atoms in total. The Morgan fingerprint density at radius 1 is 1.23 bits per heavy atom. The van der Waals surface area contributed by atoms with Crippen LogP contribution in [0.1, 0.15) is 45.5 Å². The van der Waals surface area contributed by atoms with Crippen LogP contribution >= 0.6 is 11.8 Å². The molecule has 0 aliphatic carbocycles. The van der Waals surface area contributed by atoms with Crippen molar-refractivity contribution in [3.8, 4) is 0 Å². The first-order valence-electron chi connectivity index (χ1n) is 10.6. The molecule has 0 fully saturated rings. The smallest absolute Gasteiger partial charge is 0.191 e. The number of aromatic nitrogens is 3. The highest BCUT2D eigenvalue weighted by Crippen LogP contribution is 2.20. The van der Waals surface area contributed by atoms with Gasteiger partial charge < -0.3 is 20.3 Å². The number of thioether (sulfide) groups is 1. The summed E-state index contributed by atoms with van der Waals surface area (Å²) in [6.45, 7) is 11.0. The summed E-state index contributed by atoms with van der Waals surface area (Å²) in [5.41, 5.74) is -0.149. The number of hydrogen-bond donors (Lipinski definition) is 3. The van der Waals surface area contributed by atoms with E-state index in [0.717, 1.165) is 49.0 Å². The van der Waals surface area contributed by atoms with Crippen molar-refractivity contribution in [1.29, 1.82) is 0 Å². The van der Waals surface area contributed by atoms with Gasteiger partial charge >= 0.3 is 0 Å². The molecule has 0 bridgehead atoms. The van der Waals surface area contributed by atoms with Crippen molar-refractivity contribution >= 4 is 17.7 Å². The number of nitrogens with zero attached hydrogens (tertiary/aromatic N) is 4. The first-order valence-corrected chi connectivity index (χ1v) is 11.9. The van der Waals surface area contributed by atoms with Gasteiger partial charge in [-0.1, -0.05) is 55.9 Å². The highest BCUT2D eigenvalue weighted by molar-refractivity contribution is 7.98. The van der Waals surface area contributed by atoms with Crippen LogP contribution in [0.15, 0.2) is 40.5 Å². The molecule has 2 rings (SSSR count). The molecule has 1 heterocycles. The normalized spacial score (nSPS) is 14.0. The highest BCUT2D eigenvalue weighted by atomic mass is 32.2. The summed E-state index contributed by atoms with van der Waals surface area (Å²) < 4.78 is 2.23. The van der Waals surface area contributed by atoms with Crippen LogP contribution < -0.4 is 10.6 Å². The molecule has 166 valence electrons. The van der Waals surface area contributed by atoms with Crippen LogP contribution in [0.4, 0.5) is 0 Å². The molecule has 1 aromatic heterocycles. The van der Waals surface area contributed by atoms with E-state index in [9.17, 15) is 5.11 Å². The number of aryl methyl sites for hydroxylation is 1. The SMILES string of the molecule is CCNC(=NCC(C)(O)c1ccccc1)NCCCc1nnc(SC)n1CC(C)C. The van der Waals surface area contributed by atoms with E-state index in [4.69, 9.17) is 0 Å². The predicted octanol–water partition coefficient (Wildman–Crippen LogP) is 3.05. The van der Waals surface area contributed by atoms with Gasteiger partial charge in [0.2, 0.25) is 0 Å². The summed E-state index contributed by atoms with van der Waals surface area (Å²) in [6.07, 6.45) is 3.81. The van der Waals surface area contributed by atoms with Crippen LogP contribution in [0.2, 0.25) is 0 Å². The lowest BCUT2D eigenvalue weighted by Gasteiger charge is -2.22. The third-order valence-electron chi connectivity index (χ3n) is 4.68. The quantitative estimate of drug-likeness (QED) is 0.219. The van der Waals surface area contributed by atoms with Gasteiger partial charge in [0.25, 0.3) is 0 Å². The van der Waals surface area contributed by atoms with E-state index in [1.54, 1.807) is 18.7 Å². The number of rotatable bonds is 11. The first kappa shape index (κ1) is 24.2. The molecular formula is C22H36N6OS. The average molecular weight is 433 g/mol. The number of benzene rings is 1.